The van der Waals surface area contributed by atoms with Gasteiger partial charge in [0.15, 0.2) is 5.60 Å². The molecule has 2 aliphatic heterocycles. The SMILES string of the molecule is CCC[C@H](NC(=O)[C@@H]1CC2(CC(c3cccc(Cl)c3)=NO2)CN1C(=O)[C@@H](NC(=O)CC1CCCCC1)C(C)(C)C)C(=O)C(=O)NC1CCCCC1. The molecule has 4 aliphatic rings. The number of ketones is 1. The summed E-state index contributed by atoms with van der Waals surface area (Å²) < 4.78 is 0. The molecule has 3 fully saturated rings. The zero-order valence-corrected chi connectivity index (χ0v) is 31.5. The normalized spacial score (nSPS) is 24.0. The highest BCUT2D eigenvalue weighted by Crippen LogP contribution is 2.40. The molecular weight excluding hydrogens is 670 g/mol. The Labute approximate surface area is 307 Å². The van der Waals surface area contributed by atoms with Crippen LogP contribution >= 0.6 is 11.6 Å². The number of hydrogen-bond donors (Lipinski definition) is 3. The van der Waals surface area contributed by atoms with E-state index in [4.69, 9.17) is 16.4 Å². The minimum absolute atomic E-state index is 0.0492. The lowest BCUT2D eigenvalue weighted by Gasteiger charge is -2.36. The highest BCUT2D eigenvalue weighted by molar-refractivity contribution is 6.38. The third-order valence-electron chi connectivity index (χ3n) is 11.0. The van der Waals surface area contributed by atoms with Crippen molar-refractivity contribution in [3.05, 3.63) is 34.9 Å². The van der Waals surface area contributed by atoms with Crippen LogP contribution in [0.2, 0.25) is 5.02 Å². The molecule has 1 aromatic rings. The van der Waals surface area contributed by atoms with Crippen LogP contribution in [0.25, 0.3) is 0 Å². The van der Waals surface area contributed by atoms with E-state index >= 15 is 0 Å². The Bertz CT molecular complexity index is 1480. The van der Waals surface area contributed by atoms with Crippen LogP contribution in [0.1, 0.15) is 130 Å². The van der Waals surface area contributed by atoms with Crippen molar-refractivity contribution in [3.8, 4) is 0 Å². The minimum atomic E-state index is -1.05. The number of nitrogens with zero attached hydrogens (tertiary/aromatic N) is 2. The summed E-state index contributed by atoms with van der Waals surface area (Å²) in [6.07, 6.45) is 11.8. The summed E-state index contributed by atoms with van der Waals surface area (Å²) in [5, 5.41) is 13.7. The lowest BCUT2D eigenvalue weighted by atomic mass is 9.84. The van der Waals surface area contributed by atoms with Crippen LogP contribution in [0.3, 0.4) is 0 Å². The van der Waals surface area contributed by atoms with Gasteiger partial charge in [-0.25, -0.2) is 0 Å². The van der Waals surface area contributed by atoms with Gasteiger partial charge in [-0.3, -0.25) is 24.0 Å². The number of oxime groups is 1. The van der Waals surface area contributed by atoms with Crippen LogP contribution in [0.4, 0.5) is 0 Å². The van der Waals surface area contributed by atoms with Gasteiger partial charge in [-0.15, -0.1) is 0 Å². The van der Waals surface area contributed by atoms with Crippen LogP contribution < -0.4 is 16.0 Å². The quantitative estimate of drug-likeness (QED) is 0.239. The molecule has 12 heteroatoms. The second kappa shape index (κ2) is 16.9. The first kappa shape index (κ1) is 38.8. The molecule has 11 nitrogen and oxygen atoms in total. The average Bonchev–Trinajstić information content (AvgIpc) is 3.70. The minimum Gasteiger partial charge on any atom is -0.387 e. The summed E-state index contributed by atoms with van der Waals surface area (Å²) in [4.78, 5) is 76.4. The number of rotatable bonds is 12. The fourth-order valence-electron chi connectivity index (χ4n) is 8.13. The molecule has 280 valence electrons. The zero-order valence-electron chi connectivity index (χ0n) is 30.7. The van der Waals surface area contributed by atoms with Gasteiger partial charge < -0.3 is 25.7 Å². The van der Waals surface area contributed by atoms with Crippen molar-refractivity contribution in [3.63, 3.8) is 0 Å². The summed E-state index contributed by atoms with van der Waals surface area (Å²) in [6, 6.07) is 4.23. The topological polar surface area (TPSA) is 146 Å². The number of Topliss-reactive ketones (excluding diaryl/α,β-unsaturated/α-hetero) is 1. The van der Waals surface area contributed by atoms with E-state index < -0.39 is 52.6 Å². The molecule has 2 aliphatic carbocycles. The molecule has 5 rings (SSSR count). The van der Waals surface area contributed by atoms with Crippen LogP contribution in [0.15, 0.2) is 29.4 Å². The summed E-state index contributed by atoms with van der Waals surface area (Å²) in [7, 11) is 0. The van der Waals surface area contributed by atoms with Gasteiger partial charge in [-0.1, -0.05) is 102 Å². The Morgan fingerprint density at radius 3 is 2.33 bits per heavy atom. The summed E-state index contributed by atoms with van der Waals surface area (Å²) >= 11 is 6.27. The van der Waals surface area contributed by atoms with Gasteiger partial charge in [0, 0.05) is 35.9 Å². The van der Waals surface area contributed by atoms with Crippen molar-refractivity contribution < 1.29 is 28.8 Å². The molecule has 1 spiro atoms. The second-order valence-electron chi connectivity index (χ2n) is 16.3. The van der Waals surface area contributed by atoms with Gasteiger partial charge in [0.05, 0.1) is 18.3 Å². The molecule has 4 atom stereocenters. The fraction of sp³-hybridized carbons (Fsp3) is 0.692. The largest absolute Gasteiger partial charge is 0.387 e. The van der Waals surface area contributed by atoms with Crippen molar-refractivity contribution in [2.45, 2.75) is 154 Å². The summed E-state index contributed by atoms with van der Waals surface area (Å²) in [5.41, 5.74) is -0.248. The van der Waals surface area contributed by atoms with Gasteiger partial charge in [0.1, 0.15) is 12.1 Å². The Morgan fingerprint density at radius 1 is 1.00 bits per heavy atom. The molecule has 0 radical (unpaired) electrons. The highest BCUT2D eigenvalue weighted by atomic mass is 35.5. The molecule has 3 N–H and O–H groups in total. The lowest BCUT2D eigenvalue weighted by Crippen LogP contribution is -2.59. The number of halogens is 1. The predicted molar refractivity (Wildman–Crippen MR) is 196 cm³/mol. The van der Waals surface area contributed by atoms with E-state index in [1.54, 1.807) is 12.1 Å². The average molecular weight is 726 g/mol. The molecule has 1 aromatic carbocycles. The van der Waals surface area contributed by atoms with Crippen molar-refractivity contribution in [1.29, 1.82) is 0 Å². The van der Waals surface area contributed by atoms with Crippen LogP contribution in [0.5, 0.6) is 0 Å². The molecule has 4 amide bonds. The highest BCUT2D eigenvalue weighted by Gasteiger charge is 2.55. The maximum absolute atomic E-state index is 14.6. The molecule has 0 bridgehead atoms. The lowest BCUT2D eigenvalue weighted by molar-refractivity contribution is -0.145. The van der Waals surface area contributed by atoms with Crippen LogP contribution in [-0.4, -0.2) is 76.3 Å². The molecule has 1 saturated heterocycles. The van der Waals surface area contributed by atoms with E-state index in [0.717, 1.165) is 63.4 Å². The zero-order chi connectivity index (χ0) is 36.8. The third kappa shape index (κ3) is 9.90. The molecular formula is C39H56ClN5O6. The monoisotopic (exact) mass is 725 g/mol. The smallest absolute Gasteiger partial charge is 0.289 e. The first-order chi connectivity index (χ1) is 24.3. The Balaban J connectivity index is 1.37. The number of carbonyl (C=O) groups is 5. The first-order valence-corrected chi connectivity index (χ1v) is 19.4. The first-order valence-electron chi connectivity index (χ1n) is 19.0. The maximum Gasteiger partial charge on any atom is 0.289 e. The second-order valence-corrected chi connectivity index (χ2v) is 16.7. The van der Waals surface area contributed by atoms with E-state index in [0.29, 0.717) is 35.9 Å². The van der Waals surface area contributed by atoms with Gasteiger partial charge in [0.25, 0.3) is 5.91 Å². The van der Waals surface area contributed by atoms with Crippen molar-refractivity contribution in [1.82, 2.24) is 20.9 Å². The van der Waals surface area contributed by atoms with Gasteiger partial charge >= 0.3 is 0 Å². The number of amides is 4. The van der Waals surface area contributed by atoms with Crippen molar-refractivity contribution in [2.24, 2.45) is 16.5 Å². The van der Waals surface area contributed by atoms with Crippen LogP contribution in [-0.2, 0) is 28.8 Å². The third-order valence-corrected chi connectivity index (χ3v) is 11.2. The molecule has 1 unspecified atom stereocenters. The predicted octanol–water partition coefficient (Wildman–Crippen LogP) is 5.61. The van der Waals surface area contributed by atoms with E-state index in [9.17, 15) is 24.0 Å². The number of hydrogen-bond acceptors (Lipinski definition) is 7. The Kier molecular flexibility index (Phi) is 12.8. The summed E-state index contributed by atoms with van der Waals surface area (Å²) in [6.45, 7) is 7.62. The maximum atomic E-state index is 14.6. The van der Waals surface area contributed by atoms with E-state index in [1.807, 2.05) is 39.8 Å². The van der Waals surface area contributed by atoms with Crippen molar-refractivity contribution >= 4 is 46.7 Å². The summed E-state index contributed by atoms with van der Waals surface area (Å²) in [5.74, 6) is -2.20. The van der Waals surface area contributed by atoms with Gasteiger partial charge in [-0.05, 0) is 55.6 Å². The number of nitrogens with one attached hydrogen (secondary N) is 3. The Morgan fingerprint density at radius 2 is 1.69 bits per heavy atom. The molecule has 2 heterocycles. The number of likely N-dealkylation sites (tertiary alicyclic amines) is 1. The van der Waals surface area contributed by atoms with E-state index in [1.165, 1.54) is 11.3 Å². The Hall–Kier alpha value is -3.47. The number of benzene rings is 1. The standard InChI is InChI=1S/C39H56ClN5O6/c1-5-13-29(33(47)36(49)41-28-18-10-7-11-19-28)42-35(48)31-23-39(22-30(44-51-39)26-16-12-17-27(40)21-26)24-45(31)37(50)34(38(2,3)4)43-32(46)20-25-14-8-6-9-15-25/h12,16-17,21,25,28-29,31,34H,5-11,13-15,18-20,22-24H2,1-4H3,(H,41,49)(H,42,48)(H,43,46)/t29-,31-,34+,39?/m0/s1. The van der Waals surface area contributed by atoms with Gasteiger partial charge in [-0.2, -0.15) is 0 Å². The molecule has 51 heavy (non-hydrogen) atoms. The number of carbonyl (C=O) groups excluding carboxylic acids is 5. The molecule has 0 aromatic heterocycles. The van der Waals surface area contributed by atoms with E-state index in [-0.39, 0.29) is 31.3 Å². The molecule has 2 saturated carbocycles. The fourth-order valence-corrected chi connectivity index (χ4v) is 8.32. The van der Waals surface area contributed by atoms with Gasteiger partial charge in [0.2, 0.25) is 23.5 Å². The van der Waals surface area contributed by atoms with E-state index in [2.05, 4.69) is 21.1 Å². The van der Waals surface area contributed by atoms with Crippen molar-refractivity contribution in [2.75, 3.05) is 6.54 Å². The van der Waals surface area contributed by atoms with Crippen LogP contribution in [0, 0.1) is 11.3 Å².